The summed E-state index contributed by atoms with van der Waals surface area (Å²) < 4.78 is 5.49. The Morgan fingerprint density at radius 1 is 1.30 bits per heavy atom. The van der Waals surface area contributed by atoms with Crippen LogP contribution in [0.5, 0.6) is 5.75 Å². The van der Waals surface area contributed by atoms with E-state index in [-0.39, 0.29) is 0 Å². The van der Waals surface area contributed by atoms with Gasteiger partial charge >= 0.3 is 11.9 Å². The number of hydrogen-bond acceptors (Lipinski definition) is 6. The number of nitrogens with zero attached hydrogens (tertiary/aromatic N) is 2. The number of benzene rings is 1. The lowest BCUT2D eigenvalue weighted by Gasteiger charge is -2.06. The second-order valence-electron chi connectivity index (χ2n) is 4.52. The van der Waals surface area contributed by atoms with Gasteiger partial charge in [-0.25, -0.2) is 19.6 Å². The van der Waals surface area contributed by atoms with Gasteiger partial charge < -0.3 is 26.0 Å². The van der Waals surface area contributed by atoms with Crippen LogP contribution in [0.25, 0.3) is 0 Å². The molecule has 27 heavy (non-hydrogen) atoms. The van der Waals surface area contributed by atoms with Crippen molar-refractivity contribution < 1.29 is 24.5 Å². The number of ether oxygens (including phenoxy) is 1. The third-order valence-corrected chi connectivity index (χ3v) is 3.50. The molecule has 1 aromatic carbocycles. The minimum absolute atomic E-state index is 0.317. The third-order valence-electron chi connectivity index (χ3n) is 2.50. The Balaban J connectivity index is 0.000000387. The molecule has 0 bridgehead atoms. The van der Waals surface area contributed by atoms with Crippen molar-refractivity contribution in [1.29, 1.82) is 0 Å². The molecule has 0 aliphatic heterocycles. The molecule has 144 valence electrons. The average molecular weight is 413 g/mol. The topological polar surface area (TPSA) is 147 Å². The summed E-state index contributed by atoms with van der Waals surface area (Å²) in [5, 5.41) is 21.7. The first-order chi connectivity index (χ1) is 12.9. The molecule has 9 nitrogen and oxygen atoms in total. The van der Waals surface area contributed by atoms with Gasteiger partial charge in [0.1, 0.15) is 12.4 Å². The van der Waals surface area contributed by atoms with Crippen molar-refractivity contribution >= 4 is 46.0 Å². The van der Waals surface area contributed by atoms with E-state index in [1.165, 1.54) is 11.3 Å². The number of carboxylic acid groups (broad SMARTS) is 2. The van der Waals surface area contributed by atoms with Crippen molar-refractivity contribution in [3.8, 4) is 5.75 Å². The Morgan fingerprint density at radius 2 is 1.96 bits per heavy atom. The molecule has 1 heterocycles. The van der Waals surface area contributed by atoms with Crippen molar-refractivity contribution in [3.05, 3.63) is 53.0 Å². The summed E-state index contributed by atoms with van der Waals surface area (Å²) in [4.78, 5) is 27.3. The molecule has 2 rings (SSSR count). The Labute approximate surface area is 163 Å². The third kappa shape index (κ3) is 10.5. The summed E-state index contributed by atoms with van der Waals surface area (Å²) in [5.74, 6) is -1.55. The number of carbonyl (C=O) groups is 2. The van der Waals surface area contributed by atoms with Gasteiger partial charge in [0.05, 0.1) is 11.6 Å². The van der Waals surface area contributed by atoms with Gasteiger partial charge in [0, 0.05) is 23.7 Å². The number of aliphatic carboxylic acids is 2. The van der Waals surface area contributed by atoms with E-state index in [4.69, 9.17) is 32.3 Å². The van der Waals surface area contributed by atoms with Crippen molar-refractivity contribution in [2.45, 2.75) is 0 Å². The second-order valence-corrected chi connectivity index (χ2v) is 5.82. The molecular weight excluding hydrogens is 396 g/mol. The van der Waals surface area contributed by atoms with Crippen LogP contribution in [0.4, 0.5) is 5.13 Å². The van der Waals surface area contributed by atoms with Crippen molar-refractivity contribution in [2.24, 2.45) is 10.7 Å². The number of rotatable bonds is 7. The predicted octanol–water partition coefficient (Wildman–Crippen LogP) is 2.31. The van der Waals surface area contributed by atoms with Crippen LogP contribution in [0, 0.1) is 0 Å². The molecule has 2 aromatic rings. The first-order valence-corrected chi connectivity index (χ1v) is 8.62. The van der Waals surface area contributed by atoms with Gasteiger partial charge in [-0.3, -0.25) is 0 Å². The number of thiazole rings is 1. The van der Waals surface area contributed by atoms with Gasteiger partial charge in [-0.15, -0.1) is 11.3 Å². The van der Waals surface area contributed by atoms with E-state index in [2.05, 4.69) is 15.3 Å². The Morgan fingerprint density at radius 3 is 2.52 bits per heavy atom. The van der Waals surface area contributed by atoms with Crippen LogP contribution in [0.2, 0.25) is 5.02 Å². The molecule has 0 fully saturated rings. The fourth-order valence-corrected chi connectivity index (χ4v) is 2.19. The van der Waals surface area contributed by atoms with Gasteiger partial charge in [0.25, 0.3) is 0 Å². The molecule has 0 aliphatic rings. The molecule has 0 unspecified atom stereocenters. The second kappa shape index (κ2) is 12.3. The Hall–Kier alpha value is -3.11. The maximum Gasteiger partial charge on any atom is 0.328 e. The quantitative estimate of drug-likeness (QED) is 0.234. The molecule has 0 saturated carbocycles. The zero-order chi connectivity index (χ0) is 20.1. The highest BCUT2D eigenvalue weighted by atomic mass is 35.5. The van der Waals surface area contributed by atoms with E-state index in [0.29, 0.717) is 47.2 Å². The molecule has 0 spiro atoms. The minimum Gasteiger partial charge on any atom is -0.490 e. The van der Waals surface area contributed by atoms with E-state index in [1.807, 2.05) is 23.6 Å². The monoisotopic (exact) mass is 412 g/mol. The number of nitrogens with one attached hydrogen (secondary N) is 1. The molecule has 0 aliphatic carbocycles. The lowest BCUT2D eigenvalue weighted by atomic mass is 10.3. The summed E-state index contributed by atoms with van der Waals surface area (Å²) >= 11 is 7.41. The van der Waals surface area contributed by atoms with E-state index < -0.39 is 11.9 Å². The molecular formula is C16H17ClN4O5S. The van der Waals surface area contributed by atoms with E-state index in [1.54, 1.807) is 12.3 Å². The standard InChI is InChI=1S/C12H13ClN4OS.C4H4O4/c13-9-3-1-2-4-10(9)18-7-5-15-11(14)17-12-16-6-8-19-12;5-3(6)1-2-4(7)8/h1-4,6,8H,5,7H2,(H3,14,15,16,17);1-2H,(H,5,6)(H,7,8). The average Bonchev–Trinajstić information content (AvgIpc) is 3.12. The van der Waals surface area contributed by atoms with E-state index >= 15 is 0 Å². The SMILES string of the molecule is NC(=NCCOc1ccccc1Cl)Nc1nccs1.O=C(O)C=CC(=O)O. The Bertz CT molecular complexity index is 780. The number of guanidine groups is 1. The number of para-hydroxylation sites is 1. The zero-order valence-electron chi connectivity index (χ0n) is 13.9. The van der Waals surface area contributed by atoms with Crippen LogP contribution in [-0.2, 0) is 9.59 Å². The van der Waals surface area contributed by atoms with Gasteiger partial charge in [-0.2, -0.15) is 0 Å². The van der Waals surface area contributed by atoms with Crippen molar-refractivity contribution in [2.75, 3.05) is 18.5 Å². The van der Waals surface area contributed by atoms with Crippen LogP contribution in [-0.4, -0.2) is 46.2 Å². The summed E-state index contributed by atoms with van der Waals surface area (Å²) in [7, 11) is 0. The van der Waals surface area contributed by atoms with Crippen LogP contribution in [0.1, 0.15) is 0 Å². The largest absolute Gasteiger partial charge is 0.490 e. The van der Waals surface area contributed by atoms with Crippen LogP contribution < -0.4 is 15.8 Å². The van der Waals surface area contributed by atoms with Gasteiger partial charge in [-0.1, -0.05) is 23.7 Å². The highest BCUT2D eigenvalue weighted by molar-refractivity contribution is 7.13. The molecule has 0 atom stereocenters. The lowest BCUT2D eigenvalue weighted by molar-refractivity contribution is -0.134. The first-order valence-electron chi connectivity index (χ1n) is 7.36. The summed E-state index contributed by atoms with van der Waals surface area (Å²) in [6, 6.07) is 7.30. The smallest absolute Gasteiger partial charge is 0.328 e. The van der Waals surface area contributed by atoms with Gasteiger partial charge in [-0.05, 0) is 12.1 Å². The molecule has 1 aromatic heterocycles. The highest BCUT2D eigenvalue weighted by Gasteiger charge is 1.99. The number of hydrogen-bond donors (Lipinski definition) is 4. The van der Waals surface area contributed by atoms with E-state index in [0.717, 1.165) is 0 Å². The van der Waals surface area contributed by atoms with Crippen LogP contribution >= 0.6 is 22.9 Å². The predicted molar refractivity (Wildman–Crippen MR) is 104 cm³/mol. The number of nitrogens with two attached hydrogens (primary N) is 1. The Kier molecular flexibility index (Phi) is 9.97. The highest BCUT2D eigenvalue weighted by Crippen LogP contribution is 2.22. The number of anilines is 1. The molecule has 0 radical (unpaired) electrons. The molecule has 5 N–H and O–H groups in total. The zero-order valence-corrected chi connectivity index (χ0v) is 15.5. The molecule has 11 heteroatoms. The number of aromatic nitrogens is 1. The summed E-state index contributed by atoms with van der Waals surface area (Å²) in [5.41, 5.74) is 5.70. The number of halogens is 1. The van der Waals surface area contributed by atoms with E-state index in [9.17, 15) is 9.59 Å². The van der Waals surface area contributed by atoms with Crippen molar-refractivity contribution in [3.63, 3.8) is 0 Å². The fraction of sp³-hybridized carbons (Fsp3) is 0.125. The summed E-state index contributed by atoms with van der Waals surface area (Å²) in [6.45, 7) is 0.847. The molecule has 0 saturated heterocycles. The minimum atomic E-state index is -1.26. The normalized spacial score (nSPS) is 10.8. The van der Waals surface area contributed by atoms with Gasteiger partial charge in [0.2, 0.25) is 0 Å². The fourth-order valence-electron chi connectivity index (χ4n) is 1.46. The maximum absolute atomic E-state index is 9.55. The maximum atomic E-state index is 9.55. The first kappa shape index (κ1) is 21.9. The van der Waals surface area contributed by atoms with Crippen LogP contribution in [0.3, 0.4) is 0 Å². The number of aliphatic imine (C=N–C) groups is 1. The molecule has 0 amide bonds. The van der Waals surface area contributed by atoms with Crippen molar-refractivity contribution in [1.82, 2.24) is 4.98 Å². The van der Waals surface area contributed by atoms with Gasteiger partial charge in [0.15, 0.2) is 11.1 Å². The lowest BCUT2D eigenvalue weighted by Crippen LogP contribution is -2.23. The summed E-state index contributed by atoms with van der Waals surface area (Å²) in [6.07, 6.45) is 2.81. The van der Waals surface area contributed by atoms with Crippen LogP contribution in [0.15, 0.2) is 53.0 Å². The number of carboxylic acids is 2.